The average Bonchev–Trinajstić information content (AvgIpc) is 1.92. The molecule has 0 N–H and O–H groups in total. The Morgan fingerprint density at radius 3 is 3.71 bits per heavy atom. The number of hydrogen-bond donors (Lipinski definition) is 0. The van der Waals surface area contributed by atoms with Gasteiger partial charge in [0.2, 0.25) is 0 Å². The molecule has 1 aromatic rings. The molecule has 0 radical (unpaired) electrons. The summed E-state index contributed by atoms with van der Waals surface area (Å²) >= 11 is 0. The van der Waals surface area contributed by atoms with Crippen molar-refractivity contribution in [1.29, 1.82) is 0 Å². The van der Waals surface area contributed by atoms with Gasteiger partial charge in [-0.2, -0.15) is 0 Å². The Bertz CT molecular complexity index is 292. The largest absolute Gasteiger partial charge is 0.265 e. The topological polar surface area (TPSA) is 12.9 Å². The lowest BCUT2D eigenvalue weighted by atomic mass is 10.3. The van der Waals surface area contributed by atoms with E-state index in [4.69, 9.17) is 6.85 Å². The normalized spacial score (nSPS) is 20.9. The Morgan fingerprint density at radius 2 is 3.00 bits per heavy atom. The van der Waals surface area contributed by atoms with Crippen LogP contribution in [0.2, 0.25) is 0 Å². The first kappa shape index (κ1) is 1.31. The second-order valence-electron chi connectivity index (χ2n) is 1.09. The highest BCUT2D eigenvalue weighted by molar-refractivity contribution is 5.05. The van der Waals surface area contributed by atoms with Gasteiger partial charge in [-0.25, -0.2) is 0 Å². The van der Waals surface area contributed by atoms with E-state index >= 15 is 0 Å². The summed E-state index contributed by atoms with van der Waals surface area (Å²) in [4.78, 5) is 3.48. The summed E-state index contributed by atoms with van der Waals surface area (Å²) in [5.74, 6) is 0. The molecule has 0 unspecified atom stereocenters. The molecule has 7 heavy (non-hydrogen) atoms. The monoisotopic (exact) mass is 98.1 g/mol. The standard InChI is InChI=1S/C6H7N/c1-6-2-4-7-5-3-6/h2-5H,1H3/i1D3,2D,5D. The Balaban J connectivity index is 3.23. The maximum atomic E-state index is 7.22. The maximum absolute atomic E-state index is 7.22. The van der Waals surface area contributed by atoms with Crippen LogP contribution in [0.4, 0.5) is 0 Å². The number of pyridine rings is 1. The van der Waals surface area contributed by atoms with E-state index in [1.54, 1.807) is 0 Å². The van der Waals surface area contributed by atoms with Crippen LogP contribution >= 0.6 is 0 Å². The van der Waals surface area contributed by atoms with Crippen LogP contribution in [0.5, 0.6) is 0 Å². The van der Waals surface area contributed by atoms with E-state index in [1.807, 2.05) is 0 Å². The molecule has 0 amide bonds. The van der Waals surface area contributed by atoms with Gasteiger partial charge in [0.25, 0.3) is 0 Å². The minimum absolute atomic E-state index is 0.123. The third kappa shape index (κ3) is 1.000. The molecule has 36 valence electrons. The van der Waals surface area contributed by atoms with Gasteiger partial charge in [0, 0.05) is 16.5 Å². The Kier molecular flexibility index (Phi) is 0.325. The number of rotatable bonds is 0. The fourth-order valence-electron chi connectivity index (χ4n) is 0.283. The van der Waals surface area contributed by atoms with Gasteiger partial charge in [0.1, 0.15) is 0 Å². The summed E-state index contributed by atoms with van der Waals surface area (Å²) in [6, 6.07) is 0.945. The fraction of sp³-hybridized carbons (Fsp3) is 0.167. The number of nitrogens with zero attached hydrogens (tertiary/aromatic N) is 1. The van der Waals surface area contributed by atoms with E-state index in [0.29, 0.717) is 0 Å². The first-order chi connectivity index (χ1) is 5.41. The van der Waals surface area contributed by atoms with Crippen molar-refractivity contribution in [1.82, 2.24) is 4.98 Å². The van der Waals surface area contributed by atoms with E-state index in [-0.39, 0.29) is 17.8 Å². The number of aryl methyl sites for hydroxylation is 1. The number of hydrogen-bond acceptors (Lipinski definition) is 1. The molecule has 1 heteroatoms. The van der Waals surface area contributed by atoms with Crippen molar-refractivity contribution in [3.05, 3.63) is 30.0 Å². The molecular formula is C6H7N. The Hall–Kier alpha value is -0.850. The summed E-state index contributed by atoms with van der Waals surface area (Å²) in [5.41, 5.74) is -0.123. The third-order valence-electron chi connectivity index (χ3n) is 0.568. The minimum Gasteiger partial charge on any atom is -0.265 e. The molecule has 0 saturated carbocycles. The highest BCUT2D eigenvalue weighted by Gasteiger charge is 1.72. The van der Waals surface area contributed by atoms with Gasteiger partial charge >= 0.3 is 0 Å². The van der Waals surface area contributed by atoms with Gasteiger partial charge in [-0.15, -0.1) is 0 Å². The molecule has 0 spiro atoms. The molecule has 0 aliphatic heterocycles. The summed E-state index contributed by atoms with van der Waals surface area (Å²) in [7, 11) is 0. The second kappa shape index (κ2) is 1.73. The highest BCUT2D eigenvalue weighted by atomic mass is 14.6. The van der Waals surface area contributed by atoms with Gasteiger partial charge in [-0.3, -0.25) is 4.98 Å². The molecule has 1 heterocycles. The summed E-state index contributed by atoms with van der Waals surface area (Å²) in [5, 5.41) is 0. The second-order valence-corrected chi connectivity index (χ2v) is 1.09. The molecule has 0 fully saturated rings. The minimum atomic E-state index is -2.32. The van der Waals surface area contributed by atoms with Crippen molar-refractivity contribution in [2.24, 2.45) is 0 Å². The molecule has 1 rings (SSSR count). The lowest BCUT2D eigenvalue weighted by molar-refractivity contribution is 1.29. The van der Waals surface area contributed by atoms with E-state index in [9.17, 15) is 0 Å². The molecule has 0 aliphatic carbocycles. The van der Waals surface area contributed by atoms with Gasteiger partial charge in [0.15, 0.2) is 0 Å². The number of aromatic nitrogens is 1. The summed E-state index contributed by atoms with van der Waals surface area (Å²) in [6.07, 6.45) is 0.946. The zero-order valence-electron chi connectivity index (χ0n) is 8.60. The summed E-state index contributed by atoms with van der Waals surface area (Å²) in [6.45, 7) is -2.32. The Morgan fingerprint density at radius 1 is 2.00 bits per heavy atom. The Labute approximate surface area is 50.0 Å². The van der Waals surface area contributed by atoms with Crippen LogP contribution in [0.25, 0.3) is 0 Å². The predicted molar refractivity (Wildman–Crippen MR) is 29.0 cm³/mol. The quantitative estimate of drug-likeness (QED) is 0.478. The lowest BCUT2D eigenvalue weighted by Gasteiger charge is -1.82. The van der Waals surface area contributed by atoms with E-state index in [2.05, 4.69) is 4.98 Å². The van der Waals surface area contributed by atoms with Gasteiger partial charge < -0.3 is 0 Å². The molecule has 1 nitrogen and oxygen atoms in total. The van der Waals surface area contributed by atoms with E-state index < -0.39 is 6.85 Å². The molecule has 0 aromatic carbocycles. The van der Waals surface area contributed by atoms with Crippen molar-refractivity contribution >= 4 is 0 Å². The van der Waals surface area contributed by atoms with Crippen LogP contribution in [-0.4, -0.2) is 4.98 Å². The molecule has 0 atom stereocenters. The summed E-state index contributed by atoms with van der Waals surface area (Å²) < 4.78 is 35.3. The van der Waals surface area contributed by atoms with Crippen LogP contribution in [0.1, 0.15) is 12.4 Å². The fourth-order valence-corrected chi connectivity index (χ4v) is 0.283. The average molecular weight is 98.2 g/mol. The lowest BCUT2D eigenvalue weighted by Crippen LogP contribution is -1.68. The molecular weight excluding hydrogens is 86.1 g/mol. The third-order valence-corrected chi connectivity index (χ3v) is 0.568. The first-order valence-electron chi connectivity index (χ1n) is 4.35. The van der Waals surface area contributed by atoms with E-state index in [0.717, 1.165) is 12.3 Å². The van der Waals surface area contributed by atoms with E-state index in [1.165, 1.54) is 0 Å². The van der Waals surface area contributed by atoms with Crippen molar-refractivity contribution in [2.45, 2.75) is 6.85 Å². The van der Waals surface area contributed by atoms with Gasteiger partial charge in [-0.1, -0.05) is 0 Å². The van der Waals surface area contributed by atoms with Crippen molar-refractivity contribution in [3.63, 3.8) is 0 Å². The van der Waals surface area contributed by atoms with Crippen LogP contribution in [-0.2, 0) is 0 Å². The smallest absolute Gasteiger partial charge is 0.0840 e. The highest BCUT2D eigenvalue weighted by Crippen LogP contribution is 1.88. The first-order valence-corrected chi connectivity index (χ1v) is 1.85. The van der Waals surface area contributed by atoms with Crippen LogP contribution in [0, 0.1) is 6.85 Å². The maximum Gasteiger partial charge on any atom is 0.0840 e. The van der Waals surface area contributed by atoms with Crippen molar-refractivity contribution in [2.75, 3.05) is 0 Å². The molecule has 0 bridgehead atoms. The van der Waals surface area contributed by atoms with Crippen LogP contribution in [0.15, 0.2) is 24.5 Å². The van der Waals surface area contributed by atoms with Crippen LogP contribution in [0.3, 0.4) is 0 Å². The predicted octanol–water partition coefficient (Wildman–Crippen LogP) is 1.39. The SMILES string of the molecule is [2H]c1cc(C([2H])([2H])[2H])c([2H])cn1. The van der Waals surface area contributed by atoms with Gasteiger partial charge in [-0.05, 0) is 24.5 Å². The van der Waals surface area contributed by atoms with Crippen molar-refractivity contribution in [3.8, 4) is 0 Å². The molecule has 0 saturated heterocycles. The van der Waals surface area contributed by atoms with Gasteiger partial charge in [0.05, 0.1) is 2.74 Å². The molecule has 0 aliphatic rings. The zero-order chi connectivity index (χ0) is 9.35. The van der Waals surface area contributed by atoms with Crippen LogP contribution < -0.4 is 0 Å². The van der Waals surface area contributed by atoms with Crippen molar-refractivity contribution < 1.29 is 6.85 Å². The zero-order valence-corrected chi connectivity index (χ0v) is 3.60. The molecule has 1 aromatic heterocycles.